The monoisotopic (exact) mass is 288 g/mol. The minimum atomic E-state index is 0.206. The van der Waals surface area contributed by atoms with E-state index in [2.05, 4.69) is 12.2 Å². The maximum absolute atomic E-state index is 10.5. The lowest BCUT2D eigenvalue weighted by molar-refractivity contribution is 0.469. The SMILES string of the molecule is Oc1ccc2c(c1-c1c(O)ccc3ccccc13)CCC=C2. The van der Waals surface area contributed by atoms with Gasteiger partial charge in [0.2, 0.25) is 0 Å². The van der Waals surface area contributed by atoms with Gasteiger partial charge in [-0.05, 0) is 46.9 Å². The molecule has 2 N–H and O–H groups in total. The molecule has 3 aromatic carbocycles. The highest BCUT2D eigenvalue weighted by atomic mass is 16.3. The third-order valence-corrected chi connectivity index (χ3v) is 4.34. The zero-order valence-corrected chi connectivity index (χ0v) is 12.1. The molecule has 0 atom stereocenters. The van der Waals surface area contributed by atoms with Crippen molar-refractivity contribution >= 4 is 16.8 Å². The predicted octanol–water partition coefficient (Wildman–Crippen LogP) is 4.88. The molecule has 2 nitrogen and oxygen atoms in total. The summed E-state index contributed by atoms with van der Waals surface area (Å²) >= 11 is 0. The van der Waals surface area contributed by atoms with Crippen LogP contribution in [0.2, 0.25) is 0 Å². The van der Waals surface area contributed by atoms with Crippen LogP contribution in [-0.2, 0) is 6.42 Å². The Balaban J connectivity index is 2.13. The van der Waals surface area contributed by atoms with Gasteiger partial charge in [0.1, 0.15) is 11.5 Å². The fraction of sp³-hybridized carbons (Fsp3) is 0.100. The fourth-order valence-corrected chi connectivity index (χ4v) is 3.32. The number of phenolic OH excluding ortho intramolecular Hbond substituents is 2. The van der Waals surface area contributed by atoms with Crippen LogP contribution < -0.4 is 0 Å². The van der Waals surface area contributed by atoms with Crippen molar-refractivity contribution in [3.8, 4) is 22.6 Å². The van der Waals surface area contributed by atoms with Gasteiger partial charge in [0.05, 0.1) is 0 Å². The molecular weight excluding hydrogens is 272 g/mol. The number of hydrogen-bond donors (Lipinski definition) is 2. The van der Waals surface area contributed by atoms with E-state index in [1.807, 2.05) is 36.4 Å². The van der Waals surface area contributed by atoms with Crippen molar-refractivity contribution in [1.82, 2.24) is 0 Å². The maximum atomic E-state index is 10.5. The van der Waals surface area contributed by atoms with Crippen molar-refractivity contribution in [2.24, 2.45) is 0 Å². The molecular formula is C20H16O2. The molecule has 4 rings (SSSR count). The van der Waals surface area contributed by atoms with Crippen molar-refractivity contribution in [1.29, 1.82) is 0 Å². The Bertz CT molecular complexity index is 907. The molecule has 0 unspecified atom stereocenters. The van der Waals surface area contributed by atoms with Gasteiger partial charge in [0, 0.05) is 11.1 Å². The highest BCUT2D eigenvalue weighted by Gasteiger charge is 2.19. The Morgan fingerprint density at radius 1 is 0.773 bits per heavy atom. The van der Waals surface area contributed by atoms with Crippen molar-refractivity contribution in [3.63, 3.8) is 0 Å². The van der Waals surface area contributed by atoms with Crippen molar-refractivity contribution < 1.29 is 10.2 Å². The van der Waals surface area contributed by atoms with Gasteiger partial charge in [0.25, 0.3) is 0 Å². The standard InChI is InChI=1S/C20H16O2/c21-17-11-9-13-5-1-3-7-15(13)19(17)20-16-8-4-2-6-14(16)10-12-18(20)22/h1-3,5-7,9-12,21-22H,4,8H2. The first-order chi connectivity index (χ1) is 10.8. The van der Waals surface area contributed by atoms with Gasteiger partial charge in [0.15, 0.2) is 0 Å². The van der Waals surface area contributed by atoms with Gasteiger partial charge < -0.3 is 10.2 Å². The minimum absolute atomic E-state index is 0.206. The molecule has 0 saturated heterocycles. The summed E-state index contributed by atoms with van der Waals surface area (Å²) in [6, 6.07) is 15.2. The fourth-order valence-electron chi connectivity index (χ4n) is 3.32. The smallest absolute Gasteiger partial charge is 0.124 e. The van der Waals surface area contributed by atoms with E-state index in [4.69, 9.17) is 0 Å². The number of phenols is 2. The minimum Gasteiger partial charge on any atom is -0.507 e. The zero-order chi connectivity index (χ0) is 15.1. The second-order valence-electron chi connectivity index (χ2n) is 5.65. The Hall–Kier alpha value is -2.74. The van der Waals surface area contributed by atoms with E-state index in [1.165, 1.54) is 0 Å². The summed E-state index contributed by atoms with van der Waals surface area (Å²) in [7, 11) is 0. The summed E-state index contributed by atoms with van der Waals surface area (Å²) in [6.45, 7) is 0. The van der Waals surface area contributed by atoms with Gasteiger partial charge in [-0.15, -0.1) is 0 Å². The van der Waals surface area contributed by atoms with E-state index in [1.54, 1.807) is 12.1 Å². The molecule has 22 heavy (non-hydrogen) atoms. The normalized spacial score (nSPS) is 13.3. The zero-order valence-electron chi connectivity index (χ0n) is 12.1. The lowest BCUT2D eigenvalue weighted by Gasteiger charge is -2.19. The molecule has 0 spiro atoms. The molecule has 1 aliphatic rings. The van der Waals surface area contributed by atoms with Crippen molar-refractivity contribution in [2.45, 2.75) is 12.8 Å². The Kier molecular flexibility index (Phi) is 2.90. The molecule has 0 radical (unpaired) electrons. The Morgan fingerprint density at radius 2 is 1.55 bits per heavy atom. The van der Waals surface area contributed by atoms with Gasteiger partial charge in [-0.2, -0.15) is 0 Å². The van der Waals surface area contributed by atoms with E-state index >= 15 is 0 Å². The summed E-state index contributed by atoms with van der Waals surface area (Å²) in [6.07, 6.45) is 6.06. The number of aromatic hydroxyl groups is 2. The van der Waals surface area contributed by atoms with Crippen LogP contribution in [0, 0.1) is 0 Å². The summed E-state index contributed by atoms with van der Waals surface area (Å²) in [5.74, 6) is 0.428. The first-order valence-electron chi connectivity index (χ1n) is 7.48. The van der Waals surface area contributed by atoms with Crippen LogP contribution >= 0.6 is 0 Å². The van der Waals surface area contributed by atoms with Crippen LogP contribution in [0.1, 0.15) is 17.5 Å². The van der Waals surface area contributed by atoms with Crippen molar-refractivity contribution in [3.05, 3.63) is 65.7 Å². The van der Waals surface area contributed by atoms with Crippen molar-refractivity contribution in [2.75, 3.05) is 0 Å². The molecule has 108 valence electrons. The highest BCUT2D eigenvalue weighted by Crippen LogP contribution is 2.44. The first kappa shape index (κ1) is 13.0. The largest absolute Gasteiger partial charge is 0.507 e. The Morgan fingerprint density at radius 3 is 2.45 bits per heavy atom. The van der Waals surface area contributed by atoms with Gasteiger partial charge in [-0.25, -0.2) is 0 Å². The van der Waals surface area contributed by atoms with Gasteiger partial charge in [-0.1, -0.05) is 48.6 Å². The second kappa shape index (κ2) is 4.92. The van der Waals surface area contributed by atoms with Crippen LogP contribution in [-0.4, -0.2) is 10.2 Å². The summed E-state index contributed by atoms with van der Waals surface area (Å²) in [4.78, 5) is 0. The number of rotatable bonds is 1. The molecule has 1 aliphatic carbocycles. The van der Waals surface area contributed by atoms with Gasteiger partial charge in [-0.3, -0.25) is 0 Å². The van der Waals surface area contributed by atoms with Crippen LogP contribution in [0.4, 0.5) is 0 Å². The second-order valence-corrected chi connectivity index (χ2v) is 5.65. The topological polar surface area (TPSA) is 40.5 Å². The predicted molar refractivity (Wildman–Crippen MR) is 90.1 cm³/mol. The third-order valence-electron chi connectivity index (χ3n) is 4.34. The van der Waals surface area contributed by atoms with Crippen LogP contribution in [0.5, 0.6) is 11.5 Å². The van der Waals surface area contributed by atoms with E-state index in [0.29, 0.717) is 0 Å². The summed E-state index contributed by atoms with van der Waals surface area (Å²) < 4.78 is 0. The molecule has 0 fully saturated rings. The van der Waals surface area contributed by atoms with E-state index in [9.17, 15) is 10.2 Å². The average Bonchev–Trinajstić information content (AvgIpc) is 2.56. The van der Waals surface area contributed by atoms with Crippen LogP contribution in [0.3, 0.4) is 0 Å². The summed E-state index contributed by atoms with van der Waals surface area (Å²) in [5.41, 5.74) is 3.71. The molecule has 0 saturated carbocycles. The molecule has 0 amide bonds. The molecule has 3 aromatic rings. The highest BCUT2D eigenvalue weighted by molar-refractivity contribution is 6.02. The molecule has 0 bridgehead atoms. The molecule has 0 heterocycles. The lowest BCUT2D eigenvalue weighted by atomic mass is 9.86. The summed E-state index contributed by atoms with van der Waals surface area (Å²) in [5, 5.41) is 22.9. The number of fused-ring (bicyclic) bond motifs is 2. The molecule has 0 aromatic heterocycles. The first-order valence-corrected chi connectivity index (χ1v) is 7.48. The van der Waals surface area contributed by atoms with E-state index in [-0.39, 0.29) is 11.5 Å². The average molecular weight is 288 g/mol. The van der Waals surface area contributed by atoms with Crippen LogP contribution in [0.15, 0.2) is 54.6 Å². The lowest BCUT2D eigenvalue weighted by Crippen LogP contribution is -1.98. The molecule has 0 aliphatic heterocycles. The van der Waals surface area contributed by atoms with E-state index < -0.39 is 0 Å². The Labute approximate surface area is 129 Å². The van der Waals surface area contributed by atoms with Crippen LogP contribution in [0.25, 0.3) is 28.0 Å². The number of allylic oxidation sites excluding steroid dienone is 1. The quantitative estimate of drug-likeness (QED) is 0.670. The van der Waals surface area contributed by atoms with E-state index in [0.717, 1.165) is 45.9 Å². The maximum Gasteiger partial charge on any atom is 0.124 e. The number of hydrogen-bond acceptors (Lipinski definition) is 2. The number of benzene rings is 3. The third kappa shape index (κ3) is 1.88. The molecule has 2 heteroatoms. The van der Waals surface area contributed by atoms with Gasteiger partial charge >= 0.3 is 0 Å².